The van der Waals surface area contributed by atoms with Gasteiger partial charge < -0.3 is 8.98 Å². The summed E-state index contributed by atoms with van der Waals surface area (Å²) in [5.74, 6) is 0.763. The zero-order valence-electron chi connectivity index (χ0n) is 36.5. The summed E-state index contributed by atoms with van der Waals surface area (Å²) in [6.07, 6.45) is 0. The maximum Gasteiger partial charge on any atom is 0.247 e. The molecule has 2 aliphatic rings. The van der Waals surface area contributed by atoms with E-state index in [4.69, 9.17) is 14.4 Å². The summed E-state index contributed by atoms with van der Waals surface area (Å²) in [5.41, 5.74) is 19.3. The van der Waals surface area contributed by atoms with Gasteiger partial charge >= 0.3 is 0 Å². The third-order valence-corrected chi connectivity index (χ3v) is 15.1. The minimum absolute atomic E-state index is 0.513. The van der Waals surface area contributed by atoms with Crippen LogP contribution in [0, 0.1) is 0 Å². The van der Waals surface area contributed by atoms with Gasteiger partial charge in [0.05, 0.1) is 33.2 Å². The van der Waals surface area contributed by atoms with E-state index in [0.29, 0.717) is 5.71 Å². The van der Waals surface area contributed by atoms with Crippen molar-refractivity contribution in [2.75, 3.05) is 0 Å². The van der Waals surface area contributed by atoms with Gasteiger partial charge in [0.1, 0.15) is 16.8 Å². The van der Waals surface area contributed by atoms with Crippen LogP contribution < -0.4 is 0 Å². The molecule has 0 fully saturated rings. The van der Waals surface area contributed by atoms with Crippen LogP contribution in [-0.4, -0.2) is 19.1 Å². The van der Waals surface area contributed by atoms with E-state index in [0.717, 1.165) is 60.9 Å². The highest BCUT2D eigenvalue weighted by Gasteiger charge is 2.51. The summed E-state index contributed by atoms with van der Waals surface area (Å²) in [4.78, 5) is 10.7. The standard InChI is InChI=1S/C63H36N4O/c1-2-16-37(17-3-1)58-61(64-59-45-23-9-15-29-56(45)68-62(59)65-58)67-52-27-13-8-22-44(52)46-35-40(30-33-53(46)67)41-31-32-51-60-57(41)47-34-38-18-4-5-19-39(38)36-55(47)66(60)54-28-14-12-26-50(54)63(51)48-24-10-6-20-42(48)43-21-7-11-25-49(43)63/h1-36H. The first-order chi connectivity index (χ1) is 33.7. The van der Waals surface area contributed by atoms with E-state index in [1.165, 1.54) is 77.2 Å². The maximum absolute atomic E-state index is 6.34. The lowest BCUT2D eigenvalue weighted by Gasteiger charge is -2.39. The molecule has 1 spiro atoms. The third kappa shape index (κ3) is 4.50. The van der Waals surface area contributed by atoms with Crippen LogP contribution in [0.4, 0.5) is 0 Å². The topological polar surface area (TPSA) is 48.8 Å². The quantitative estimate of drug-likeness (QED) is 0.178. The van der Waals surface area contributed by atoms with Gasteiger partial charge in [0.2, 0.25) is 5.71 Å². The summed E-state index contributed by atoms with van der Waals surface area (Å²) in [7, 11) is 0. The molecule has 1 aliphatic carbocycles. The van der Waals surface area contributed by atoms with Gasteiger partial charge in [-0.15, -0.1) is 0 Å². The third-order valence-electron chi connectivity index (χ3n) is 15.1. The molecule has 0 atom stereocenters. The summed E-state index contributed by atoms with van der Waals surface area (Å²) >= 11 is 0. The summed E-state index contributed by atoms with van der Waals surface area (Å²) in [5, 5.41) is 8.20. The number of hydrogen-bond donors (Lipinski definition) is 0. The highest BCUT2D eigenvalue weighted by Crippen LogP contribution is 2.62. The van der Waals surface area contributed by atoms with Crippen molar-refractivity contribution in [1.29, 1.82) is 0 Å². The van der Waals surface area contributed by atoms with Crippen molar-refractivity contribution >= 4 is 76.6 Å². The van der Waals surface area contributed by atoms with Gasteiger partial charge in [-0.3, -0.25) is 4.57 Å². The molecule has 16 rings (SSSR count). The zero-order valence-corrected chi connectivity index (χ0v) is 36.5. The van der Waals surface area contributed by atoms with Crippen LogP contribution in [0.5, 0.6) is 0 Å². The summed E-state index contributed by atoms with van der Waals surface area (Å²) < 4.78 is 11.2. The van der Waals surface area contributed by atoms with Crippen LogP contribution >= 0.6 is 0 Å². The smallest absolute Gasteiger partial charge is 0.247 e. The van der Waals surface area contributed by atoms with Gasteiger partial charge in [-0.25, -0.2) is 9.97 Å². The molecule has 0 saturated heterocycles. The molecular weight excluding hydrogens is 829 g/mol. The number of nitrogens with zero attached hydrogens (tertiary/aromatic N) is 4. The van der Waals surface area contributed by atoms with Crippen LogP contribution in [0.3, 0.4) is 0 Å². The molecule has 1 aliphatic heterocycles. The second-order valence-corrected chi connectivity index (χ2v) is 18.4. The Morgan fingerprint density at radius 3 is 1.88 bits per heavy atom. The van der Waals surface area contributed by atoms with Crippen molar-refractivity contribution in [3.05, 3.63) is 241 Å². The lowest BCUT2D eigenvalue weighted by Crippen LogP contribution is -2.33. The molecule has 14 aromatic rings. The average Bonchev–Trinajstić information content (AvgIpc) is 4.13. The Morgan fingerprint density at radius 2 is 1.06 bits per heavy atom. The second-order valence-electron chi connectivity index (χ2n) is 18.4. The molecule has 0 amide bonds. The molecule has 5 heterocycles. The van der Waals surface area contributed by atoms with Crippen LogP contribution in [-0.2, 0) is 5.41 Å². The van der Waals surface area contributed by atoms with E-state index in [1.54, 1.807) is 0 Å². The van der Waals surface area contributed by atoms with E-state index in [2.05, 4.69) is 203 Å². The van der Waals surface area contributed by atoms with Crippen molar-refractivity contribution in [2.24, 2.45) is 0 Å². The van der Waals surface area contributed by atoms with Gasteiger partial charge in [0, 0.05) is 32.5 Å². The molecule has 5 nitrogen and oxygen atoms in total. The lowest BCUT2D eigenvalue weighted by atomic mass is 9.65. The first-order valence-electron chi connectivity index (χ1n) is 23.3. The van der Waals surface area contributed by atoms with Gasteiger partial charge in [0.15, 0.2) is 5.82 Å². The van der Waals surface area contributed by atoms with Crippen molar-refractivity contribution in [2.45, 2.75) is 5.41 Å². The van der Waals surface area contributed by atoms with Crippen LogP contribution in [0.2, 0.25) is 0 Å². The Balaban J connectivity index is 1.01. The molecule has 0 saturated carbocycles. The Kier molecular flexibility index (Phi) is 6.95. The van der Waals surface area contributed by atoms with Crippen molar-refractivity contribution in [3.63, 3.8) is 0 Å². The molecule has 0 N–H and O–H groups in total. The van der Waals surface area contributed by atoms with Gasteiger partial charge in [-0.1, -0.05) is 170 Å². The van der Waals surface area contributed by atoms with E-state index in [1.807, 2.05) is 24.3 Å². The fourth-order valence-corrected chi connectivity index (χ4v) is 12.4. The monoisotopic (exact) mass is 864 g/mol. The number of furan rings is 1. The van der Waals surface area contributed by atoms with Crippen molar-refractivity contribution in [1.82, 2.24) is 19.1 Å². The average molecular weight is 865 g/mol. The van der Waals surface area contributed by atoms with Gasteiger partial charge in [0.25, 0.3) is 0 Å². The van der Waals surface area contributed by atoms with Gasteiger partial charge in [-0.2, -0.15) is 0 Å². The molecule has 0 unspecified atom stereocenters. The Bertz CT molecular complexity index is 4470. The Morgan fingerprint density at radius 1 is 0.397 bits per heavy atom. The maximum atomic E-state index is 6.34. The van der Waals surface area contributed by atoms with Crippen LogP contribution in [0.15, 0.2) is 223 Å². The second kappa shape index (κ2) is 13.1. The molecule has 314 valence electrons. The molecule has 0 radical (unpaired) electrons. The Hall–Kier alpha value is -9.06. The SMILES string of the molecule is c1ccc(-c2nc3oc4ccccc4c3nc2-n2c3ccccc3c3cc(-c4ccc5c6c4c4cc7ccccc7cc4n6-c4ccccc4C54c5ccccc5-c5ccccc54)ccc32)cc1. The molecule has 10 aromatic carbocycles. The van der Waals surface area contributed by atoms with Crippen molar-refractivity contribution in [3.8, 4) is 45.0 Å². The van der Waals surface area contributed by atoms with Gasteiger partial charge in [-0.05, 0) is 104 Å². The van der Waals surface area contributed by atoms with Crippen LogP contribution in [0.25, 0.3) is 122 Å². The summed E-state index contributed by atoms with van der Waals surface area (Å²) in [6.45, 7) is 0. The molecular formula is C63H36N4O. The lowest BCUT2D eigenvalue weighted by molar-refractivity contribution is 0.653. The highest BCUT2D eigenvalue weighted by molar-refractivity contribution is 6.22. The minimum atomic E-state index is -0.513. The number of hydrogen-bond acceptors (Lipinski definition) is 3. The first kappa shape index (κ1) is 36.2. The number of aromatic nitrogens is 4. The minimum Gasteiger partial charge on any atom is -0.436 e. The highest BCUT2D eigenvalue weighted by atomic mass is 16.3. The number of para-hydroxylation sites is 3. The van der Waals surface area contributed by atoms with Crippen LogP contribution in [0.1, 0.15) is 22.3 Å². The zero-order chi connectivity index (χ0) is 44.2. The largest absolute Gasteiger partial charge is 0.436 e. The molecule has 4 aromatic heterocycles. The number of benzene rings is 10. The van der Waals surface area contributed by atoms with E-state index in [-0.39, 0.29) is 0 Å². The first-order valence-corrected chi connectivity index (χ1v) is 23.3. The predicted octanol–water partition coefficient (Wildman–Crippen LogP) is 15.7. The van der Waals surface area contributed by atoms with E-state index in [9.17, 15) is 0 Å². The molecule has 5 heteroatoms. The van der Waals surface area contributed by atoms with Crippen molar-refractivity contribution < 1.29 is 4.42 Å². The Labute approximate surface area is 389 Å². The van der Waals surface area contributed by atoms with E-state index >= 15 is 0 Å². The fourth-order valence-electron chi connectivity index (χ4n) is 12.4. The number of rotatable bonds is 3. The van der Waals surface area contributed by atoms with E-state index < -0.39 is 5.41 Å². The molecule has 68 heavy (non-hydrogen) atoms. The fraction of sp³-hybridized carbons (Fsp3) is 0.0159. The molecule has 0 bridgehead atoms. The summed E-state index contributed by atoms with van der Waals surface area (Å²) in [6, 6.07) is 79.9. The normalized spacial score (nSPS) is 13.4. The predicted molar refractivity (Wildman–Crippen MR) is 277 cm³/mol. The number of fused-ring (bicyclic) bond motifs is 19.